The van der Waals surface area contributed by atoms with Gasteiger partial charge in [-0.15, -0.1) is 0 Å². The average molecular weight is 411 g/mol. The third-order valence-electron chi connectivity index (χ3n) is 5.36. The van der Waals surface area contributed by atoms with Gasteiger partial charge < -0.3 is 4.74 Å². The van der Waals surface area contributed by atoms with E-state index in [0.717, 1.165) is 28.6 Å². The van der Waals surface area contributed by atoms with Crippen LogP contribution in [0.4, 0.5) is 0 Å². The van der Waals surface area contributed by atoms with E-state index >= 15 is 0 Å². The quantitative estimate of drug-likeness (QED) is 0.621. The largest absolute Gasteiger partial charge is 0.494 e. The Balaban J connectivity index is 1.44. The van der Waals surface area contributed by atoms with E-state index in [-0.39, 0.29) is 0 Å². The van der Waals surface area contributed by atoms with Gasteiger partial charge in [-0.1, -0.05) is 48.5 Å². The molecule has 0 atom stereocenters. The number of hydrogen-bond acceptors (Lipinski definition) is 4. The van der Waals surface area contributed by atoms with Crippen LogP contribution in [0.15, 0.2) is 71.6 Å². The number of fused-ring (bicyclic) bond motifs is 1. The van der Waals surface area contributed by atoms with E-state index in [2.05, 4.69) is 11.0 Å². The van der Waals surface area contributed by atoms with Gasteiger partial charge in [-0.05, 0) is 35.9 Å². The number of nitrogens with zero attached hydrogens (tertiary/aromatic N) is 2. The maximum absolute atomic E-state index is 13.1. The Bertz CT molecular complexity index is 1090. The van der Waals surface area contributed by atoms with Crippen molar-refractivity contribution < 1.29 is 13.2 Å². The third-order valence-corrected chi connectivity index (χ3v) is 7.25. The minimum Gasteiger partial charge on any atom is -0.494 e. The molecule has 1 heterocycles. The molecule has 1 aliphatic rings. The summed E-state index contributed by atoms with van der Waals surface area (Å²) in [7, 11) is -3.48. The van der Waals surface area contributed by atoms with Gasteiger partial charge in [0.05, 0.1) is 11.5 Å². The molecule has 6 heteroatoms. The zero-order chi connectivity index (χ0) is 20.3. The van der Waals surface area contributed by atoms with Gasteiger partial charge in [0.15, 0.2) is 0 Å². The van der Waals surface area contributed by atoms with Gasteiger partial charge in [0.1, 0.15) is 5.75 Å². The van der Waals surface area contributed by atoms with E-state index in [0.29, 0.717) is 37.7 Å². The number of rotatable bonds is 6. The first kappa shape index (κ1) is 19.9. The van der Waals surface area contributed by atoms with Gasteiger partial charge in [0.2, 0.25) is 10.0 Å². The SMILES string of the molecule is CCOc1ccccc1CN1CCN(S(=O)(=O)c2ccc3ccccc3c2)CC1. The third kappa shape index (κ3) is 4.29. The number of ether oxygens (including phenoxy) is 1. The van der Waals surface area contributed by atoms with Gasteiger partial charge in [0, 0.05) is 38.3 Å². The smallest absolute Gasteiger partial charge is 0.243 e. The monoisotopic (exact) mass is 410 g/mol. The molecular weight excluding hydrogens is 384 g/mol. The fourth-order valence-corrected chi connectivity index (χ4v) is 5.23. The standard InChI is InChI=1S/C23H26N2O3S/c1-2-28-23-10-6-5-9-21(23)18-24-13-15-25(16-14-24)29(26,27)22-12-11-19-7-3-4-8-20(19)17-22/h3-12,17H,2,13-16,18H2,1H3. The molecule has 0 bridgehead atoms. The van der Waals surface area contributed by atoms with Crippen LogP contribution in [0.1, 0.15) is 12.5 Å². The van der Waals surface area contributed by atoms with E-state index in [1.807, 2.05) is 55.5 Å². The van der Waals surface area contributed by atoms with E-state index in [1.54, 1.807) is 16.4 Å². The highest BCUT2D eigenvalue weighted by molar-refractivity contribution is 7.89. The number of benzene rings is 3. The Labute approximate surface area is 172 Å². The maximum Gasteiger partial charge on any atom is 0.243 e. The van der Waals surface area contributed by atoms with E-state index < -0.39 is 10.0 Å². The summed E-state index contributed by atoms with van der Waals surface area (Å²) < 4.78 is 33.6. The molecule has 0 aliphatic carbocycles. The normalized spacial score (nSPS) is 16.2. The Hall–Kier alpha value is -2.41. The first-order chi connectivity index (χ1) is 14.1. The number of para-hydroxylation sites is 1. The molecule has 29 heavy (non-hydrogen) atoms. The van der Waals surface area contributed by atoms with E-state index in [4.69, 9.17) is 4.74 Å². The van der Waals surface area contributed by atoms with Gasteiger partial charge in [-0.2, -0.15) is 4.31 Å². The summed E-state index contributed by atoms with van der Waals surface area (Å²) >= 11 is 0. The molecule has 0 saturated carbocycles. The predicted molar refractivity (Wildman–Crippen MR) is 116 cm³/mol. The number of sulfonamides is 1. The first-order valence-electron chi connectivity index (χ1n) is 10.00. The van der Waals surface area contributed by atoms with Crippen LogP contribution in [-0.2, 0) is 16.6 Å². The number of hydrogen-bond donors (Lipinski definition) is 0. The van der Waals surface area contributed by atoms with Gasteiger partial charge >= 0.3 is 0 Å². The van der Waals surface area contributed by atoms with Crippen molar-refractivity contribution in [3.8, 4) is 5.75 Å². The molecule has 152 valence electrons. The van der Waals surface area contributed by atoms with Crippen molar-refractivity contribution in [1.29, 1.82) is 0 Å². The lowest BCUT2D eigenvalue weighted by Gasteiger charge is -2.34. The van der Waals surface area contributed by atoms with Crippen LogP contribution in [0, 0.1) is 0 Å². The Kier molecular flexibility index (Phi) is 5.85. The molecule has 0 radical (unpaired) electrons. The van der Waals surface area contributed by atoms with Crippen LogP contribution in [-0.4, -0.2) is 50.4 Å². The van der Waals surface area contributed by atoms with Crippen molar-refractivity contribution in [2.45, 2.75) is 18.4 Å². The van der Waals surface area contributed by atoms with Crippen molar-refractivity contribution in [3.05, 3.63) is 72.3 Å². The van der Waals surface area contributed by atoms with Crippen molar-refractivity contribution in [2.24, 2.45) is 0 Å². The number of piperazine rings is 1. The highest BCUT2D eigenvalue weighted by Crippen LogP contribution is 2.24. The minimum atomic E-state index is -3.48. The summed E-state index contributed by atoms with van der Waals surface area (Å²) in [4.78, 5) is 2.65. The highest BCUT2D eigenvalue weighted by Gasteiger charge is 2.28. The lowest BCUT2D eigenvalue weighted by molar-refractivity contribution is 0.179. The van der Waals surface area contributed by atoms with Crippen LogP contribution in [0.25, 0.3) is 10.8 Å². The lowest BCUT2D eigenvalue weighted by Crippen LogP contribution is -2.48. The summed E-state index contributed by atoms with van der Waals surface area (Å²) in [5.74, 6) is 0.904. The van der Waals surface area contributed by atoms with Gasteiger partial charge in [-0.3, -0.25) is 4.90 Å². The molecule has 4 rings (SSSR count). The summed E-state index contributed by atoms with van der Waals surface area (Å²) in [6.07, 6.45) is 0. The highest BCUT2D eigenvalue weighted by atomic mass is 32.2. The van der Waals surface area contributed by atoms with Crippen LogP contribution < -0.4 is 4.74 Å². The van der Waals surface area contributed by atoms with Crippen LogP contribution >= 0.6 is 0 Å². The Morgan fingerprint density at radius 2 is 1.55 bits per heavy atom. The molecule has 0 unspecified atom stereocenters. The second-order valence-corrected chi connectivity index (χ2v) is 9.17. The van der Waals surface area contributed by atoms with E-state index in [9.17, 15) is 8.42 Å². The predicted octanol–water partition coefficient (Wildman–Crippen LogP) is 3.75. The molecule has 0 spiro atoms. The Morgan fingerprint density at radius 1 is 0.862 bits per heavy atom. The molecule has 1 saturated heterocycles. The van der Waals surface area contributed by atoms with Gasteiger partial charge in [-0.25, -0.2) is 8.42 Å². The van der Waals surface area contributed by atoms with Gasteiger partial charge in [0.25, 0.3) is 0 Å². The van der Waals surface area contributed by atoms with Crippen LogP contribution in [0.3, 0.4) is 0 Å². The van der Waals surface area contributed by atoms with E-state index in [1.165, 1.54) is 0 Å². The molecule has 5 nitrogen and oxygen atoms in total. The minimum absolute atomic E-state index is 0.367. The molecule has 3 aromatic carbocycles. The zero-order valence-electron chi connectivity index (χ0n) is 16.6. The van der Waals surface area contributed by atoms with Crippen molar-refractivity contribution in [1.82, 2.24) is 9.21 Å². The topological polar surface area (TPSA) is 49.9 Å². The summed E-state index contributed by atoms with van der Waals surface area (Å²) in [5, 5.41) is 1.99. The molecule has 0 amide bonds. The van der Waals surface area contributed by atoms with Crippen molar-refractivity contribution in [2.75, 3.05) is 32.8 Å². The average Bonchev–Trinajstić information content (AvgIpc) is 2.75. The fourth-order valence-electron chi connectivity index (χ4n) is 3.78. The van der Waals surface area contributed by atoms with Crippen molar-refractivity contribution in [3.63, 3.8) is 0 Å². The molecule has 0 aromatic heterocycles. The molecule has 1 fully saturated rings. The molecule has 0 N–H and O–H groups in total. The summed E-state index contributed by atoms with van der Waals surface area (Å²) in [6, 6.07) is 21.2. The lowest BCUT2D eigenvalue weighted by atomic mass is 10.1. The zero-order valence-corrected chi connectivity index (χ0v) is 17.4. The summed E-state index contributed by atoms with van der Waals surface area (Å²) in [6.45, 7) is 5.76. The second kappa shape index (κ2) is 8.53. The fraction of sp³-hybridized carbons (Fsp3) is 0.304. The van der Waals surface area contributed by atoms with Crippen molar-refractivity contribution >= 4 is 20.8 Å². The maximum atomic E-state index is 13.1. The second-order valence-electron chi connectivity index (χ2n) is 7.23. The first-order valence-corrected chi connectivity index (χ1v) is 11.4. The Morgan fingerprint density at radius 3 is 2.31 bits per heavy atom. The van der Waals surface area contributed by atoms with Crippen LogP contribution in [0.5, 0.6) is 5.75 Å². The summed E-state index contributed by atoms with van der Waals surface area (Å²) in [5.41, 5.74) is 1.14. The molecular formula is C23H26N2O3S. The molecule has 3 aromatic rings. The van der Waals surface area contributed by atoms with Crippen LogP contribution in [0.2, 0.25) is 0 Å². The molecule has 1 aliphatic heterocycles.